The van der Waals surface area contributed by atoms with Crippen LogP contribution in [0.4, 0.5) is 0 Å². The van der Waals surface area contributed by atoms with Crippen molar-refractivity contribution in [1.82, 2.24) is 19.9 Å². The fraction of sp³-hybridized carbons (Fsp3) is 0.429. The summed E-state index contributed by atoms with van der Waals surface area (Å²) in [7, 11) is 0. The summed E-state index contributed by atoms with van der Waals surface area (Å²) in [6, 6.07) is -0.842. The van der Waals surface area contributed by atoms with Gasteiger partial charge in [-0.25, -0.2) is 14.8 Å². The molecule has 3 heterocycles. The quantitative estimate of drug-likeness (QED) is 0.880. The van der Waals surface area contributed by atoms with Crippen LogP contribution in [-0.4, -0.2) is 42.9 Å². The van der Waals surface area contributed by atoms with Crippen molar-refractivity contribution in [3.05, 3.63) is 33.8 Å². The minimum atomic E-state index is -0.990. The van der Waals surface area contributed by atoms with Crippen molar-refractivity contribution in [3.63, 3.8) is 0 Å². The third-order valence-corrected chi connectivity index (χ3v) is 4.91. The highest BCUT2D eigenvalue weighted by Gasteiger charge is 2.35. The summed E-state index contributed by atoms with van der Waals surface area (Å²) in [5.41, 5.74) is 4.24. The zero-order chi connectivity index (χ0) is 15.7. The zero-order valence-corrected chi connectivity index (χ0v) is 12.9. The number of hydrogen-bond donors (Lipinski definition) is 2. The Hall–Kier alpha value is -2.22. The van der Waals surface area contributed by atoms with E-state index < -0.39 is 12.0 Å². The van der Waals surface area contributed by atoms with Crippen molar-refractivity contribution in [2.24, 2.45) is 0 Å². The maximum atomic E-state index is 12.5. The van der Waals surface area contributed by atoms with Crippen molar-refractivity contribution in [2.45, 2.75) is 38.8 Å². The smallest absolute Gasteiger partial charge is 0.326 e. The van der Waals surface area contributed by atoms with Gasteiger partial charge in [-0.15, -0.1) is 11.3 Å². The van der Waals surface area contributed by atoms with Gasteiger partial charge < -0.3 is 15.0 Å². The normalized spacial score (nSPS) is 17.3. The van der Waals surface area contributed by atoms with Crippen LogP contribution in [0.3, 0.4) is 0 Å². The van der Waals surface area contributed by atoms with Gasteiger partial charge in [0.2, 0.25) is 5.91 Å². The number of carbonyl (C=O) groups is 2. The number of H-pyrrole nitrogens is 1. The molecule has 2 aromatic rings. The van der Waals surface area contributed by atoms with Gasteiger partial charge in [-0.05, 0) is 13.3 Å². The molecule has 22 heavy (non-hydrogen) atoms. The lowest BCUT2D eigenvalue weighted by Crippen LogP contribution is -2.48. The van der Waals surface area contributed by atoms with Crippen molar-refractivity contribution in [3.8, 4) is 0 Å². The molecule has 3 rings (SSSR count). The molecule has 1 atom stereocenters. The van der Waals surface area contributed by atoms with Crippen molar-refractivity contribution in [2.75, 3.05) is 0 Å². The van der Waals surface area contributed by atoms with E-state index in [9.17, 15) is 14.7 Å². The van der Waals surface area contributed by atoms with E-state index in [4.69, 9.17) is 0 Å². The monoisotopic (exact) mass is 320 g/mol. The van der Waals surface area contributed by atoms with Crippen LogP contribution in [0.25, 0.3) is 0 Å². The average Bonchev–Trinajstić information content (AvgIpc) is 3.11. The largest absolute Gasteiger partial charge is 0.480 e. The standard InChI is InChI=1S/C14H16N4O3S/c1-8-12(22-7-17-8)2-3-13(19)18-5-10-9(15-6-16-10)4-11(18)14(20)21/h6-7,11H,2-5H2,1H3,(H,15,16)(H,20,21). The molecule has 1 aliphatic heterocycles. The summed E-state index contributed by atoms with van der Waals surface area (Å²) >= 11 is 1.52. The van der Waals surface area contributed by atoms with Gasteiger partial charge in [-0.3, -0.25) is 4.79 Å². The van der Waals surface area contributed by atoms with Gasteiger partial charge in [0, 0.05) is 17.7 Å². The maximum Gasteiger partial charge on any atom is 0.326 e. The summed E-state index contributed by atoms with van der Waals surface area (Å²) < 4.78 is 0. The van der Waals surface area contributed by atoms with E-state index in [1.54, 1.807) is 5.51 Å². The molecule has 0 fully saturated rings. The molecule has 0 aliphatic carbocycles. The first-order valence-electron chi connectivity index (χ1n) is 6.98. The molecule has 2 aromatic heterocycles. The molecule has 1 unspecified atom stereocenters. The molecule has 0 saturated heterocycles. The summed E-state index contributed by atoms with van der Waals surface area (Å²) in [4.78, 5) is 37.7. The molecule has 0 aromatic carbocycles. The van der Waals surface area contributed by atoms with Crippen LogP contribution in [-0.2, 0) is 29.0 Å². The number of thiazole rings is 1. The Morgan fingerprint density at radius 3 is 3.00 bits per heavy atom. The number of carboxylic acid groups (broad SMARTS) is 1. The minimum absolute atomic E-state index is 0.152. The van der Waals surface area contributed by atoms with E-state index in [0.29, 0.717) is 6.42 Å². The number of aryl methyl sites for hydroxylation is 2. The number of nitrogens with one attached hydrogen (secondary N) is 1. The van der Waals surface area contributed by atoms with Crippen molar-refractivity contribution < 1.29 is 14.7 Å². The Morgan fingerprint density at radius 2 is 2.32 bits per heavy atom. The molecule has 0 radical (unpaired) electrons. The van der Waals surface area contributed by atoms with E-state index >= 15 is 0 Å². The predicted molar refractivity (Wildman–Crippen MR) is 79.4 cm³/mol. The van der Waals surface area contributed by atoms with E-state index in [-0.39, 0.29) is 25.3 Å². The highest BCUT2D eigenvalue weighted by Crippen LogP contribution is 2.23. The van der Waals surface area contributed by atoms with E-state index in [1.165, 1.54) is 22.6 Å². The lowest BCUT2D eigenvalue weighted by molar-refractivity contribution is -0.151. The number of carbonyl (C=O) groups excluding carboxylic acids is 1. The summed E-state index contributed by atoms with van der Waals surface area (Å²) in [5, 5.41) is 9.38. The van der Waals surface area contributed by atoms with Gasteiger partial charge in [0.15, 0.2) is 0 Å². The number of amides is 1. The van der Waals surface area contributed by atoms with Crippen LogP contribution in [0.1, 0.15) is 28.4 Å². The number of aliphatic carboxylic acids is 1. The number of carboxylic acids is 1. The number of fused-ring (bicyclic) bond motifs is 1. The molecule has 7 nitrogen and oxygen atoms in total. The van der Waals surface area contributed by atoms with Gasteiger partial charge in [-0.2, -0.15) is 0 Å². The van der Waals surface area contributed by atoms with Gasteiger partial charge in [0.25, 0.3) is 0 Å². The molecule has 2 N–H and O–H groups in total. The number of aromatic nitrogens is 3. The lowest BCUT2D eigenvalue weighted by atomic mass is 10.0. The van der Waals surface area contributed by atoms with E-state index in [0.717, 1.165) is 22.0 Å². The Kier molecular flexibility index (Phi) is 3.93. The van der Waals surface area contributed by atoms with Gasteiger partial charge in [0.1, 0.15) is 6.04 Å². The Labute approximate surface area is 131 Å². The molecule has 0 saturated carbocycles. The van der Waals surface area contributed by atoms with Crippen LogP contribution in [0.5, 0.6) is 0 Å². The Balaban J connectivity index is 1.72. The SMILES string of the molecule is Cc1ncsc1CCC(=O)N1Cc2[nH]cnc2CC1C(=O)O. The van der Waals surface area contributed by atoms with Crippen LogP contribution in [0.2, 0.25) is 0 Å². The first-order valence-corrected chi connectivity index (χ1v) is 7.86. The predicted octanol–water partition coefficient (Wildman–Crippen LogP) is 1.15. The molecular weight excluding hydrogens is 304 g/mol. The van der Waals surface area contributed by atoms with Crippen molar-refractivity contribution in [1.29, 1.82) is 0 Å². The third-order valence-electron chi connectivity index (χ3n) is 3.92. The van der Waals surface area contributed by atoms with Crippen LogP contribution >= 0.6 is 11.3 Å². The second-order valence-electron chi connectivity index (χ2n) is 5.27. The molecule has 8 heteroatoms. The van der Waals surface area contributed by atoms with Crippen LogP contribution in [0, 0.1) is 6.92 Å². The topological polar surface area (TPSA) is 99.2 Å². The van der Waals surface area contributed by atoms with Gasteiger partial charge in [-0.1, -0.05) is 0 Å². The minimum Gasteiger partial charge on any atom is -0.480 e. The van der Waals surface area contributed by atoms with E-state index in [2.05, 4.69) is 15.0 Å². The first-order chi connectivity index (χ1) is 10.6. The van der Waals surface area contributed by atoms with Crippen LogP contribution in [0.15, 0.2) is 11.8 Å². The fourth-order valence-corrected chi connectivity index (χ4v) is 3.43. The first kappa shape index (κ1) is 14.7. The number of nitrogens with zero attached hydrogens (tertiary/aromatic N) is 3. The number of aromatic amines is 1. The summed E-state index contributed by atoms with van der Waals surface area (Å²) in [6.45, 7) is 2.18. The lowest BCUT2D eigenvalue weighted by Gasteiger charge is -2.32. The van der Waals surface area contributed by atoms with E-state index in [1.807, 2.05) is 6.92 Å². The molecular formula is C14H16N4O3S. The second-order valence-corrected chi connectivity index (χ2v) is 6.21. The second kappa shape index (κ2) is 5.88. The average molecular weight is 320 g/mol. The molecule has 116 valence electrons. The Morgan fingerprint density at radius 1 is 1.50 bits per heavy atom. The fourth-order valence-electron chi connectivity index (χ4n) is 2.65. The van der Waals surface area contributed by atoms with Gasteiger partial charge >= 0.3 is 5.97 Å². The van der Waals surface area contributed by atoms with Crippen LogP contribution < -0.4 is 0 Å². The molecule has 1 aliphatic rings. The third kappa shape index (κ3) is 2.74. The molecule has 1 amide bonds. The Bertz CT molecular complexity index is 709. The highest BCUT2D eigenvalue weighted by atomic mass is 32.1. The number of hydrogen-bond acceptors (Lipinski definition) is 5. The number of rotatable bonds is 4. The molecule has 0 spiro atoms. The van der Waals surface area contributed by atoms with Crippen molar-refractivity contribution >= 4 is 23.2 Å². The summed E-state index contributed by atoms with van der Waals surface area (Å²) in [5.74, 6) is -1.14. The molecule has 0 bridgehead atoms. The zero-order valence-electron chi connectivity index (χ0n) is 12.1. The van der Waals surface area contributed by atoms with Gasteiger partial charge in [0.05, 0.1) is 35.5 Å². The summed E-state index contributed by atoms with van der Waals surface area (Å²) in [6.07, 6.45) is 2.67. The highest BCUT2D eigenvalue weighted by molar-refractivity contribution is 7.09. The maximum absolute atomic E-state index is 12.5. The number of imidazole rings is 1.